The van der Waals surface area contributed by atoms with Crippen LogP contribution in [-0.2, 0) is 11.3 Å². The van der Waals surface area contributed by atoms with E-state index < -0.39 is 10.9 Å². The van der Waals surface area contributed by atoms with Gasteiger partial charge in [-0.1, -0.05) is 18.6 Å². The number of hydrogen-bond acceptors (Lipinski definition) is 6. The van der Waals surface area contributed by atoms with Crippen LogP contribution in [0.15, 0.2) is 18.2 Å². The molecule has 0 bridgehead atoms. The van der Waals surface area contributed by atoms with Crippen molar-refractivity contribution in [3.63, 3.8) is 0 Å². The minimum Gasteiger partial charge on any atom is -0.481 e. The molecule has 0 aliphatic heterocycles. The fourth-order valence-electron chi connectivity index (χ4n) is 2.22. The summed E-state index contributed by atoms with van der Waals surface area (Å²) >= 11 is 0. The average molecular weight is 319 g/mol. The molecule has 0 spiro atoms. The van der Waals surface area contributed by atoms with Gasteiger partial charge in [-0.3, -0.25) is 14.9 Å². The average Bonchev–Trinajstić information content (AvgIpc) is 2.95. The molecule has 0 aliphatic carbocycles. The summed E-state index contributed by atoms with van der Waals surface area (Å²) in [5, 5.41) is 31.1. The Kier molecular flexibility index (Phi) is 5.34. The highest BCUT2D eigenvalue weighted by molar-refractivity contribution is 5.66. The van der Waals surface area contributed by atoms with Crippen molar-refractivity contribution in [3.05, 3.63) is 33.9 Å². The molecule has 0 fully saturated rings. The van der Waals surface area contributed by atoms with Gasteiger partial charge in [0.25, 0.3) is 5.69 Å². The molecule has 0 atom stereocenters. The molecule has 0 saturated heterocycles. The van der Waals surface area contributed by atoms with Crippen LogP contribution >= 0.6 is 0 Å². The molecule has 1 aromatic heterocycles. The van der Waals surface area contributed by atoms with Crippen molar-refractivity contribution < 1.29 is 14.8 Å². The van der Waals surface area contributed by atoms with Crippen molar-refractivity contribution in [2.75, 3.05) is 0 Å². The van der Waals surface area contributed by atoms with Gasteiger partial charge in [0.05, 0.1) is 4.92 Å². The van der Waals surface area contributed by atoms with Gasteiger partial charge < -0.3 is 5.11 Å². The Hall–Kier alpha value is -2.84. The van der Waals surface area contributed by atoms with E-state index in [4.69, 9.17) is 5.11 Å². The van der Waals surface area contributed by atoms with Gasteiger partial charge in [-0.25, -0.2) is 4.68 Å². The van der Waals surface area contributed by atoms with Crippen molar-refractivity contribution in [3.8, 4) is 11.4 Å². The number of benzene rings is 1. The van der Waals surface area contributed by atoms with Crippen molar-refractivity contribution in [2.45, 2.75) is 39.2 Å². The quantitative estimate of drug-likeness (QED) is 0.449. The number of aromatic nitrogens is 4. The van der Waals surface area contributed by atoms with E-state index in [2.05, 4.69) is 15.5 Å². The van der Waals surface area contributed by atoms with E-state index in [9.17, 15) is 14.9 Å². The third kappa shape index (κ3) is 4.31. The molecular weight excluding hydrogens is 302 g/mol. The van der Waals surface area contributed by atoms with Gasteiger partial charge in [0.1, 0.15) is 0 Å². The number of unbranched alkanes of at least 4 members (excludes halogenated alkanes) is 2. The summed E-state index contributed by atoms with van der Waals surface area (Å²) in [6, 6.07) is 4.87. The molecule has 0 radical (unpaired) electrons. The molecule has 23 heavy (non-hydrogen) atoms. The monoisotopic (exact) mass is 319 g/mol. The normalized spacial score (nSPS) is 10.7. The Morgan fingerprint density at radius 2 is 2.13 bits per heavy atom. The molecule has 1 heterocycles. The number of rotatable bonds is 8. The summed E-state index contributed by atoms with van der Waals surface area (Å²) in [6.45, 7) is 2.21. The van der Waals surface area contributed by atoms with Crippen LogP contribution < -0.4 is 0 Å². The molecule has 0 unspecified atom stereocenters. The molecule has 2 aromatic rings. The number of carboxylic acids is 1. The number of tetrazole rings is 1. The minimum atomic E-state index is -0.805. The maximum atomic E-state index is 11.0. The highest BCUT2D eigenvalue weighted by Crippen LogP contribution is 2.25. The summed E-state index contributed by atoms with van der Waals surface area (Å²) in [5.74, 6) is -0.341. The van der Waals surface area contributed by atoms with Gasteiger partial charge in [0, 0.05) is 30.2 Å². The van der Waals surface area contributed by atoms with E-state index in [1.807, 2.05) is 0 Å². The number of hydrogen-bond donors (Lipinski definition) is 1. The molecule has 9 heteroatoms. The van der Waals surface area contributed by atoms with Gasteiger partial charge in [-0.2, -0.15) is 0 Å². The lowest BCUT2D eigenvalue weighted by Gasteiger charge is -2.05. The number of carboxylic acid groups (broad SMARTS) is 1. The van der Waals surface area contributed by atoms with Gasteiger partial charge in [0.15, 0.2) is 5.82 Å². The van der Waals surface area contributed by atoms with Crippen molar-refractivity contribution in [1.82, 2.24) is 20.2 Å². The third-order valence-electron chi connectivity index (χ3n) is 3.46. The summed E-state index contributed by atoms with van der Waals surface area (Å²) in [7, 11) is 0. The van der Waals surface area contributed by atoms with E-state index in [0.29, 0.717) is 29.9 Å². The highest BCUT2D eigenvalue weighted by atomic mass is 16.6. The topological polar surface area (TPSA) is 124 Å². The van der Waals surface area contributed by atoms with Crippen molar-refractivity contribution >= 4 is 11.7 Å². The van der Waals surface area contributed by atoms with E-state index in [0.717, 1.165) is 12.8 Å². The SMILES string of the molecule is Cc1ccc(-c2nnnn2CCCCCC(=O)O)cc1[N+](=O)[O-]. The predicted molar refractivity (Wildman–Crippen MR) is 80.7 cm³/mol. The summed E-state index contributed by atoms with van der Waals surface area (Å²) in [4.78, 5) is 21.0. The number of aryl methyl sites for hydroxylation is 2. The van der Waals surface area contributed by atoms with Gasteiger partial charge in [0.2, 0.25) is 0 Å². The molecule has 0 amide bonds. The van der Waals surface area contributed by atoms with Crippen LogP contribution in [0.25, 0.3) is 11.4 Å². The maximum Gasteiger partial charge on any atom is 0.303 e. The van der Waals surface area contributed by atoms with E-state index >= 15 is 0 Å². The van der Waals surface area contributed by atoms with Crippen LogP contribution in [0.5, 0.6) is 0 Å². The fraction of sp³-hybridized carbons (Fsp3) is 0.429. The molecular formula is C14H17N5O4. The largest absolute Gasteiger partial charge is 0.481 e. The Morgan fingerprint density at radius 3 is 2.83 bits per heavy atom. The summed E-state index contributed by atoms with van der Waals surface area (Å²) in [5.41, 5.74) is 1.18. The second-order valence-electron chi connectivity index (χ2n) is 5.19. The number of nitrogens with zero attached hydrogens (tertiary/aromatic N) is 5. The number of carbonyl (C=O) groups is 1. The summed E-state index contributed by atoms with van der Waals surface area (Å²) < 4.78 is 1.58. The lowest BCUT2D eigenvalue weighted by molar-refractivity contribution is -0.385. The maximum absolute atomic E-state index is 11.0. The van der Waals surface area contributed by atoms with Crippen molar-refractivity contribution in [1.29, 1.82) is 0 Å². The molecule has 122 valence electrons. The van der Waals surface area contributed by atoms with Crippen LogP contribution in [-0.4, -0.2) is 36.2 Å². The smallest absolute Gasteiger partial charge is 0.303 e. The molecule has 1 N–H and O–H groups in total. The number of nitro benzene ring substituents is 1. The zero-order valence-electron chi connectivity index (χ0n) is 12.7. The number of aliphatic carboxylic acids is 1. The molecule has 0 aliphatic rings. The van der Waals surface area contributed by atoms with Gasteiger partial charge >= 0.3 is 5.97 Å². The first-order chi connectivity index (χ1) is 11.0. The van der Waals surface area contributed by atoms with E-state index in [-0.39, 0.29) is 12.1 Å². The third-order valence-corrected chi connectivity index (χ3v) is 3.46. The summed E-state index contributed by atoms with van der Waals surface area (Å²) in [6.07, 6.45) is 2.23. The highest BCUT2D eigenvalue weighted by Gasteiger charge is 2.15. The van der Waals surface area contributed by atoms with Crippen LogP contribution in [0.4, 0.5) is 5.69 Å². The lowest BCUT2D eigenvalue weighted by atomic mass is 10.1. The van der Waals surface area contributed by atoms with Gasteiger partial charge in [-0.15, -0.1) is 5.10 Å². The lowest BCUT2D eigenvalue weighted by Crippen LogP contribution is -2.04. The van der Waals surface area contributed by atoms with Crippen LogP contribution in [0, 0.1) is 17.0 Å². The second-order valence-corrected chi connectivity index (χ2v) is 5.19. The first-order valence-electron chi connectivity index (χ1n) is 7.22. The van der Waals surface area contributed by atoms with Crippen molar-refractivity contribution in [2.24, 2.45) is 0 Å². The minimum absolute atomic E-state index is 0.0264. The van der Waals surface area contributed by atoms with Gasteiger partial charge in [-0.05, 0) is 30.2 Å². The van der Waals surface area contributed by atoms with Crippen LogP contribution in [0.2, 0.25) is 0 Å². The molecule has 2 rings (SSSR count). The molecule has 1 aromatic carbocycles. The molecule has 9 nitrogen and oxygen atoms in total. The van der Waals surface area contributed by atoms with E-state index in [1.165, 1.54) is 6.07 Å². The zero-order valence-corrected chi connectivity index (χ0v) is 12.7. The van der Waals surface area contributed by atoms with Crippen LogP contribution in [0.1, 0.15) is 31.2 Å². The first kappa shape index (κ1) is 16.5. The number of nitro groups is 1. The Bertz CT molecular complexity index is 713. The second kappa shape index (κ2) is 7.43. The zero-order chi connectivity index (χ0) is 16.8. The Labute approximate surface area is 132 Å². The Balaban J connectivity index is 2.07. The Morgan fingerprint density at radius 1 is 1.35 bits per heavy atom. The molecule has 0 saturated carbocycles. The van der Waals surface area contributed by atoms with Crippen LogP contribution in [0.3, 0.4) is 0 Å². The standard InChI is InChI=1S/C14H17N5O4/c1-10-6-7-11(9-12(10)19(22)23)14-15-16-17-18(14)8-4-2-3-5-13(20)21/h6-7,9H,2-5,8H2,1H3,(H,20,21). The predicted octanol–water partition coefficient (Wildman–Crippen LogP) is 2.20. The first-order valence-corrected chi connectivity index (χ1v) is 7.22. The fourth-order valence-corrected chi connectivity index (χ4v) is 2.22. The van der Waals surface area contributed by atoms with E-state index in [1.54, 1.807) is 23.7 Å².